The van der Waals surface area contributed by atoms with Crippen molar-refractivity contribution < 1.29 is 34.0 Å². The number of aliphatic carboxylic acids is 1. The van der Waals surface area contributed by atoms with E-state index in [4.69, 9.17) is 14.2 Å². The minimum Gasteiger partial charge on any atom is -0.481 e. The number of carboxylic acids is 1. The summed E-state index contributed by atoms with van der Waals surface area (Å²) in [6, 6.07) is 0. The highest BCUT2D eigenvalue weighted by molar-refractivity contribution is 5.75. The van der Waals surface area contributed by atoms with Gasteiger partial charge in [-0.15, -0.1) is 0 Å². The summed E-state index contributed by atoms with van der Waals surface area (Å²) >= 11 is 0. The fourth-order valence-corrected chi connectivity index (χ4v) is 6.85. The quantitative estimate of drug-likeness (QED) is 0.704. The smallest absolute Gasteiger partial charge is 0.309 e. The minimum absolute atomic E-state index is 0.121. The molecule has 0 aromatic rings. The Labute approximate surface area is 164 Å². The first-order valence-electron chi connectivity index (χ1n) is 10.8. The molecule has 0 radical (unpaired) electrons. The molecule has 7 nitrogen and oxygen atoms in total. The Hall–Kier alpha value is -1.18. The van der Waals surface area contributed by atoms with E-state index in [1.807, 2.05) is 0 Å². The van der Waals surface area contributed by atoms with Gasteiger partial charge in [-0.1, -0.05) is 0 Å². The van der Waals surface area contributed by atoms with Crippen LogP contribution in [0, 0.1) is 29.1 Å². The van der Waals surface area contributed by atoms with Crippen molar-refractivity contribution in [3.05, 3.63) is 0 Å². The molecule has 1 aliphatic heterocycles. The Morgan fingerprint density at radius 3 is 2.36 bits per heavy atom. The molecule has 5 aliphatic carbocycles. The van der Waals surface area contributed by atoms with Crippen LogP contribution in [0.4, 0.5) is 0 Å². The van der Waals surface area contributed by atoms with E-state index in [-0.39, 0.29) is 42.5 Å². The number of carbonyl (C=O) groups is 2. The molecule has 28 heavy (non-hydrogen) atoms. The van der Waals surface area contributed by atoms with Crippen LogP contribution in [-0.2, 0) is 23.8 Å². The normalized spacial score (nSPS) is 49.5. The Balaban J connectivity index is 1.20. The average Bonchev–Trinajstić information content (AvgIpc) is 3.09. The van der Waals surface area contributed by atoms with Gasteiger partial charge >= 0.3 is 11.9 Å². The van der Waals surface area contributed by atoms with Crippen LogP contribution >= 0.6 is 0 Å². The van der Waals surface area contributed by atoms with Crippen LogP contribution in [0.15, 0.2) is 0 Å². The summed E-state index contributed by atoms with van der Waals surface area (Å²) in [5.41, 5.74) is -0.593. The molecule has 6 aliphatic rings. The van der Waals surface area contributed by atoms with Gasteiger partial charge in [0.15, 0.2) is 5.79 Å². The zero-order valence-electron chi connectivity index (χ0n) is 16.2. The van der Waals surface area contributed by atoms with Crippen LogP contribution in [0.3, 0.4) is 0 Å². The van der Waals surface area contributed by atoms with Crippen molar-refractivity contribution in [1.29, 1.82) is 0 Å². The van der Waals surface area contributed by atoms with E-state index in [1.165, 1.54) is 0 Å². The summed E-state index contributed by atoms with van der Waals surface area (Å²) < 4.78 is 18.1. The summed E-state index contributed by atoms with van der Waals surface area (Å²) in [7, 11) is 0. The highest BCUT2D eigenvalue weighted by atomic mass is 16.8. The van der Waals surface area contributed by atoms with Gasteiger partial charge in [0, 0.05) is 11.8 Å². The van der Waals surface area contributed by atoms with Crippen LogP contribution in [0.1, 0.15) is 57.8 Å². The van der Waals surface area contributed by atoms with E-state index >= 15 is 0 Å². The molecule has 156 valence electrons. The van der Waals surface area contributed by atoms with Crippen molar-refractivity contribution in [1.82, 2.24) is 0 Å². The first-order valence-corrected chi connectivity index (χ1v) is 10.8. The molecule has 6 rings (SSSR count). The van der Waals surface area contributed by atoms with Crippen molar-refractivity contribution in [3.63, 3.8) is 0 Å². The molecule has 1 saturated heterocycles. The first-order chi connectivity index (χ1) is 13.4. The number of rotatable bonds is 4. The molecule has 4 bridgehead atoms. The average molecular weight is 394 g/mol. The molecule has 0 aromatic carbocycles. The second-order valence-electron chi connectivity index (χ2n) is 9.84. The van der Waals surface area contributed by atoms with E-state index in [2.05, 4.69) is 0 Å². The molecule has 5 saturated carbocycles. The van der Waals surface area contributed by atoms with Gasteiger partial charge in [-0.25, -0.2) is 0 Å². The van der Waals surface area contributed by atoms with Gasteiger partial charge in [-0.2, -0.15) is 0 Å². The molecule has 2 N–H and O–H groups in total. The minimum atomic E-state index is -0.679. The zero-order valence-corrected chi connectivity index (χ0v) is 16.2. The summed E-state index contributed by atoms with van der Waals surface area (Å²) in [4.78, 5) is 24.2. The summed E-state index contributed by atoms with van der Waals surface area (Å²) in [5, 5.41) is 19.4. The number of esters is 1. The van der Waals surface area contributed by atoms with Gasteiger partial charge in [0.1, 0.15) is 12.7 Å². The molecule has 3 unspecified atom stereocenters. The van der Waals surface area contributed by atoms with Crippen LogP contribution in [0.5, 0.6) is 0 Å². The number of hydrogen-bond donors (Lipinski definition) is 2. The van der Waals surface area contributed by atoms with Crippen LogP contribution in [0.25, 0.3) is 0 Å². The summed E-state index contributed by atoms with van der Waals surface area (Å²) in [5.74, 6) is -0.969. The molecule has 7 heteroatoms. The first kappa shape index (κ1) is 18.8. The maximum Gasteiger partial charge on any atom is 0.309 e. The largest absolute Gasteiger partial charge is 0.481 e. The lowest BCUT2D eigenvalue weighted by atomic mass is 9.47. The second-order valence-corrected chi connectivity index (χ2v) is 9.84. The highest BCUT2D eigenvalue weighted by Crippen LogP contribution is 2.66. The molecule has 1 heterocycles. The van der Waals surface area contributed by atoms with Gasteiger partial charge in [-0.05, 0) is 63.7 Å². The SMILES string of the molecule is O=C(OCC1COC2(O1)C1CC3CC2CC(C(=O)O)(C3)C1)C1CCC(O)CC1. The van der Waals surface area contributed by atoms with Crippen molar-refractivity contribution >= 4 is 11.9 Å². The second kappa shape index (κ2) is 6.67. The molecule has 0 amide bonds. The lowest BCUT2D eigenvalue weighted by Gasteiger charge is -2.61. The number of aliphatic hydroxyl groups is 1. The van der Waals surface area contributed by atoms with E-state index in [0.29, 0.717) is 51.0 Å². The van der Waals surface area contributed by atoms with E-state index in [9.17, 15) is 19.8 Å². The van der Waals surface area contributed by atoms with E-state index in [1.54, 1.807) is 0 Å². The predicted molar refractivity (Wildman–Crippen MR) is 96.1 cm³/mol. The third-order valence-corrected chi connectivity index (χ3v) is 8.07. The van der Waals surface area contributed by atoms with Crippen LogP contribution in [0.2, 0.25) is 0 Å². The molecular weight excluding hydrogens is 364 g/mol. The van der Waals surface area contributed by atoms with Gasteiger partial charge in [-0.3, -0.25) is 9.59 Å². The molecule has 6 fully saturated rings. The van der Waals surface area contributed by atoms with Crippen molar-refractivity contribution in [2.75, 3.05) is 13.2 Å². The lowest BCUT2D eigenvalue weighted by Crippen LogP contribution is -2.63. The van der Waals surface area contributed by atoms with Gasteiger partial charge in [0.25, 0.3) is 0 Å². The number of ether oxygens (including phenoxy) is 3. The molecule has 0 aromatic heterocycles. The maximum atomic E-state index is 12.3. The molecular formula is C21H30O7. The van der Waals surface area contributed by atoms with Crippen molar-refractivity contribution in [3.8, 4) is 0 Å². The topological polar surface area (TPSA) is 102 Å². The fraction of sp³-hybridized carbons (Fsp3) is 0.905. The highest BCUT2D eigenvalue weighted by Gasteiger charge is 2.68. The van der Waals surface area contributed by atoms with Crippen LogP contribution < -0.4 is 0 Å². The van der Waals surface area contributed by atoms with Gasteiger partial charge < -0.3 is 24.4 Å². The predicted octanol–water partition coefficient (Wildman–Crippen LogP) is 2.10. The number of carbonyl (C=O) groups excluding carboxylic acids is 1. The zero-order chi connectivity index (χ0) is 19.5. The molecule has 1 spiro atoms. The monoisotopic (exact) mass is 394 g/mol. The number of carboxylic acid groups (broad SMARTS) is 1. The summed E-state index contributed by atoms with van der Waals surface area (Å²) in [6.07, 6.45) is 6.09. The lowest BCUT2D eigenvalue weighted by molar-refractivity contribution is -0.307. The number of aliphatic hydroxyl groups excluding tert-OH is 1. The Morgan fingerprint density at radius 2 is 1.71 bits per heavy atom. The van der Waals surface area contributed by atoms with Crippen molar-refractivity contribution in [2.45, 2.75) is 75.8 Å². The van der Waals surface area contributed by atoms with Gasteiger partial charge in [0.05, 0.1) is 24.0 Å². The standard InChI is InChI=1S/C21H30O7/c22-16-3-1-13(2-4-16)18(23)26-10-17-11-27-21(28-17)14-5-12-6-15(21)9-20(7-12,8-14)19(24)25/h12-17,22H,1-11H2,(H,24,25). The third-order valence-electron chi connectivity index (χ3n) is 8.07. The Kier molecular flexibility index (Phi) is 4.49. The Bertz CT molecular complexity index is 637. The Morgan fingerprint density at radius 1 is 1.04 bits per heavy atom. The fourth-order valence-electron chi connectivity index (χ4n) is 6.85. The third kappa shape index (κ3) is 2.89. The number of hydrogen-bond acceptors (Lipinski definition) is 6. The van der Waals surface area contributed by atoms with Crippen LogP contribution in [-0.4, -0.2) is 53.4 Å². The van der Waals surface area contributed by atoms with Crippen molar-refractivity contribution in [2.24, 2.45) is 29.1 Å². The van der Waals surface area contributed by atoms with E-state index < -0.39 is 17.2 Å². The summed E-state index contributed by atoms with van der Waals surface area (Å²) in [6.45, 7) is 0.584. The van der Waals surface area contributed by atoms with Gasteiger partial charge in [0.2, 0.25) is 0 Å². The van der Waals surface area contributed by atoms with E-state index in [0.717, 1.165) is 19.3 Å². The molecule has 3 atom stereocenters. The maximum absolute atomic E-state index is 12.3.